The van der Waals surface area contributed by atoms with E-state index in [-0.39, 0.29) is 17.5 Å². The average molecular weight is 415 g/mol. The molecule has 3 aromatic rings. The number of hydrogen-bond acceptors (Lipinski definition) is 3. The van der Waals surface area contributed by atoms with Crippen molar-refractivity contribution in [1.82, 2.24) is 4.98 Å². The molecule has 1 aromatic heterocycles. The van der Waals surface area contributed by atoms with Gasteiger partial charge in [0.05, 0.1) is 5.57 Å². The van der Waals surface area contributed by atoms with Crippen molar-refractivity contribution in [1.29, 1.82) is 0 Å². The number of aliphatic imine (C=N–C) groups is 1. The fourth-order valence-electron chi connectivity index (χ4n) is 4.62. The molecule has 0 saturated heterocycles. The number of benzene rings is 2. The third-order valence-corrected chi connectivity index (χ3v) is 6.27. The molecule has 0 amide bonds. The molecule has 1 aliphatic rings. The highest BCUT2D eigenvalue weighted by molar-refractivity contribution is 6.24. The lowest BCUT2D eigenvalue weighted by Gasteiger charge is -2.26. The largest absolute Gasteiger partial charge is 0.512 e. The highest BCUT2D eigenvalue weighted by atomic mass is 16.3. The van der Waals surface area contributed by atoms with Crippen molar-refractivity contribution in [3.63, 3.8) is 0 Å². The topological polar surface area (TPSA) is 65.4 Å². The van der Waals surface area contributed by atoms with E-state index in [0.29, 0.717) is 31.4 Å². The number of aromatic nitrogens is 1. The number of Topliss-reactive ketones (excluding diaryl/α,β-unsaturated/α-hetero) is 1. The maximum Gasteiger partial charge on any atom is 0.168 e. The third kappa shape index (κ3) is 4.34. The van der Waals surface area contributed by atoms with E-state index in [9.17, 15) is 9.90 Å². The molecule has 0 spiro atoms. The van der Waals surface area contributed by atoms with Gasteiger partial charge in [-0.15, -0.1) is 0 Å². The second-order valence-corrected chi connectivity index (χ2v) is 8.47. The maximum absolute atomic E-state index is 12.9. The van der Waals surface area contributed by atoms with Crippen molar-refractivity contribution in [2.45, 2.75) is 52.4 Å². The number of aliphatic hydroxyl groups excluding tert-OH is 1. The van der Waals surface area contributed by atoms with E-state index in [0.717, 1.165) is 28.9 Å². The van der Waals surface area contributed by atoms with E-state index in [1.165, 1.54) is 16.5 Å². The van der Waals surface area contributed by atoms with Gasteiger partial charge in [-0.1, -0.05) is 48.9 Å². The van der Waals surface area contributed by atoms with Crippen LogP contribution in [0.25, 0.3) is 10.9 Å². The summed E-state index contributed by atoms with van der Waals surface area (Å²) in [5.41, 5.74) is 7.17. The number of aromatic amines is 1. The monoisotopic (exact) mass is 414 g/mol. The minimum Gasteiger partial charge on any atom is -0.512 e. The second kappa shape index (κ2) is 8.93. The third-order valence-electron chi connectivity index (χ3n) is 6.27. The van der Waals surface area contributed by atoms with Gasteiger partial charge in [-0.3, -0.25) is 9.79 Å². The van der Waals surface area contributed by atoms with Gasteiger partial charge in [-0.2, -0.15) is 0 Å². The van der Waals surface area contributed by atoms with Crippen molar-refractivity contribution >= 4 is 22.4 Å². The minimum absolute atomic E-state index is 0.00268. The van der Waals surface area contributed by atoms with Gasteiger partial charge in [0.15, 0.2) is 5.78 Å². The van der Waals surface area contributed by atoms with Crippen LogP contribution in [-0.4, -0.2) is 28.1 Å². The molecule has 4 nitrogen and oxygen atoms in total. The molecule has 160 valence electrons. The SMILES string of the molecule is CCC(O)=C1C(=O)C[C@@H](c2ccccc2)CC1=NCCc1c(C)[nH]c2ccc(C)cc12. The van der Waals surface area contributed by atoms with Gasteiger partial charge < -0.3 is 10.1 Å². The number of aliphatic hydroxyl groups is 1. The van der Waals surface area contributed by atoms with Gasteiger partial charge in [0.2, 0.25) is 0 Å². The molecule has 1 atom stereocenters. The summed E-state index contributed by atoms with van der Waals surface area (Å²) in [6.45, 7) is 6.66. The highest BCUT2D eigenvalue weighted by Gasteiger charge is 2.31. The number of rotatable bonds is 5. The maximum atomic E-state index is 12.9. The van der Waals surface area contributed by atoms with Crippen LogP contribution in [-0.2, 0) is 11.2 Å². The van der Waals surface area contributed by atoms with Crippen molar-refractivity contribution in [3.8, 4) is 0 Å². The molecule has 2 N–H and O–H groups in total. The molecule has 31 heavy (non-hydrogen) atoms. The Bertz CT molecular complexity index is 1170. The highest BCUT2D eigenvalue weighted by Crippen LogP contribution is 2.33. The summed E-state index contributed by atoms with van der Waals surface area (Å²) in [5, 5.41) is 11.7. The van der Waals surface area contributed by atoms with Crippen LogP contribution in [0.4, 0.5) is 0 Å². The fourth-order valence-corrected chi connectivity index (χ4v) is 4.62. The molecule has 0 radical (unpaired) electrons. The van der Waals surface area contributed by atoms with E-state index in [1.807, 2.05) is 25.1 Å². The zero-order chi connectivity index (χ0) is 22.0. The summed E-state index contributed by atoms with van der Waals surface area (Å²) >= 11 is 0. The molecule has 0 unspecified atom stereocenters. The Morgan fingerprint density at radius 1 is 1.13 bits per heavy atom. The average Bonchev–Trinajstić information content (AvgIpc) is 3.08. The summed E-state index contributed by atoms with van der Waals surface area (Å²) in [7, 11) is 0. The summed E-state index contributed by atoms with van der Waals surface area (Å²) in [6, 6.07) is 16.6. The lowest BCUT2D eigenvalue weighted by atomic mass is 9.79. The van der Waals surface area contributed by atoms with Crippen LogP contribution in [0.3, 0.4) is 0 Å². The Labute approximate surface area is 183 Å². The van der Waals surface area contributed by atoms with Crippen molar-refractivity contribution < 1.29 is 9.90 Å². The number of carbonyl (C=O) groups excluding carboxylic acids is 1. The number of carbonyl (C=O) groups is 1. The van der Waals surface area contributed by atoms with Crippen molar-refractivity contribution in [3.05, 3.63) is 82.2 Å². The smallest absolute Gasteiger partial charge is 0.168 e. The van der Waals surface area contributed by atoms with Crippen LogP contribution in [0, 0.1) is 13.8 Å². The van der Waals surface area contributed by atoms with Crippen LogP contribution in [0.2, 0.25) is 0 Å². The minimum atomic E-state index is -0.00268. The Morgan fingerprint density at radius 3 is 2.65 bits per heavy atom. The molecule has 1 fully saturated rings. The second-order valence-electron chi connectivity index (χ2n) is 8.47. The van der Waals surface area contributed by atoms with Crippen LogP contribution in [0.1, 0.15) is 54.5 Å². The number of fused-ring (bicyclic) bond motifs is 1. The number of nitrogens with zero attached hydrogens (tertiary/aromatic N) is 1. The summed E-state index contributed by atoms with van der Waals surface area (Å²) < 4.78 is 0. The molecule has 2 aromatic carbocycles. The van der Waals surface area contributed by atoms with Gasteiger partial charge in [0.25, 0.3) is 0 Å². The Balaban J connectivity index is 1.62. The summed E-state index contributed by atoms with van der Waals surface area (Å²) in [5.74, 6) is 0.268. The molecule has 1 aliphatic carbocycles. The number of nitrogens with one attached hydrogen (secondary N) is 1. The van der Waals surface area contributed by atoms with E-state index in [4.69, 9.17) is 4.99 Å². The first-order valence-corrected chi connectivity index (χ1v) is 11.1. The molecule has 4 rings (SSSR count). The molecular formula is C27H30N2O2. The molecule has 4 heteroatoms. The van der Waals surface area contributed by atoms with Gasteiger partial charge in [-0.05, 0) is 55.9 Å². The fraction of sp³-hybridized carbons (Fsp3) is 0.333. The number of allylic oxidation sites excluding steroid dienone is 2. The number of aryl methyl sites for hydroxylation is 2. The number of ketones is 1. The summed E-state index contributed by atoms with van der Waals surface area (Å²) in [4.78, 5) is 21.3. The van der Waals surface area contributed by atoms with E-state index in [1.54, 1.807) is 0 Å². The lowest BCUT2D eigenvalue weighted by molar-refractivity contribution is -0.115. The first kappa shape index (κ1) is 21.1. The zero-order valence-electron chi connectivity index (χ0n) is 18.5. The van der Waals surface area contributed by atoms with Crippen LogP contribution in [0.5, 0.6) is 0 Å². The van der Waals surface area contributed by atoms with E-state index in [2.05, 4.69) is 49.2 Å². The van der Waals surface area contributed by atoms with Gasteiger partial charge in [0, 0.05) is 41.7 Å². The molecular weight excluding hydrogens is 384 g/mol. The van der Waals surface area contributed by atoms with Gasteiger partial charge in [-0.25, -0.2) is 0 Å². The van der Waals surface area contributed by atoms with Gasteiger partial charge in [0.1, 0.15) is 5.76 Å². The Hall–Kier alpha value is -3.14. The first-order valence-electron chi connectivity index (χ1n) is 11.1. The predicted octanol–water partition coefficient (Wildman–Crippen LogP) is 6.14. The Kier molecular flexibility index (Phi) is 6.08. The molecule has 1 saturated carbocycles. The van der Waals surface area contributed by atoms with Crippen LogP contribution >= 0.6 is 0 Å². The van der Waals surface area contributed by atoms with Crippen molar-refractivity contribution in [2.24, 2.45) is 4.99 Å². The van der Waals surface area contributed by atoms with Crippen molar-refractivity contribution in [2.75, 3.05) is 6.54 Å². The lowest BCUT2D eigenvalue weighted by Crippen LogP contribution is -2.27. The molecule has 0 bridgehead atoms. The predicted molar refractivity (Wildman–Crippen MR) is 127 cm³/mol. The van der Waals surface area contributed by atoms with Crippen LogP contribution < -0.4 is 0 Å². The number of H-pyrrole nitrogens is 1. The normalized spacial score (nSPS) is 19.9. The van der Waals surface area contributed by atoms with Crippen LogP contribution in [0.15, 0.2) is 64.9 Å². The zero-order valence-corrected chi connectivity index (χ0v) is 18.5. The summed E-state index contributed by atoms with van der Waals surface area (Å²) in [6.07, 6.45) is 2.34. The standard InChI is InChI=1S/C27H30N2O2/c1-4-25(30)27-24(15-20(16-26(27)31)19-8-6-5-7-9-19)28-13-12-21-18(3)29-23-11-10-17(2)14-22(21)23/h5-11,14,20,29-30H,4,12-13,15-16H2,1-3H3/t20-/m0/s1. The quantitative estimate of drug-likeness (QED) is 0.389. The Morgan fingerprint density at radius 2 is 1.90 bits per heavy atom. The first-order chi connectivity index (χ1) is 15.0. The number of hydrogen-bond donors (Lipinski definition) is 2. The van der Waals surface area contributed by atoms with E-state index < -0.39 is 0 Å². The van der Waals surface area contributed by atoms with E-state index >= 15 is 0 Å². The molecule has 0 aliphatic heterocycles. The molecule has 1 heterocycles. The van der Waals surface area contributed by atoms with Gasteiger partial charge >= 0.3 is 0 Å².